The van der Waals surface area contributed by atoms with Crippen LogP contribution < -0.4 is 0 Å². The van der Waals surface area contributed by atoms with Crippen LogP contribution in [0.2, 0.25) is 0 Å². The molecule has 1 rings (SSSR count). The molecule has 0 N–H and O–H groups in total. The molecule has 0 spiro atoms. The maximum absolute atomic E-state index is 11.4. The van der Waals surface area contributed by atoms with Gasteiger partial charge in [-0.1, -0.05) is 63.5 Å². The van der Waals surface area contributed by atoms with Crippen LogP contribution in [0.1, 0.15) is 0 Å². The van der Waals surface area contributed by atoms with Crippen LogP contribution in [0, 0.1) is 0 Å². The summed E-state index contributed by atoms with van der Waals surface area (Å²) in [6.07, 6.45) is -0.687. The molecule has 98 valence electrons. The summed E-state index contributed by atoms with van der Waals surface area (Å²) in [6.45, 7) is 0. The molecule has 1 amide bonds. The number of thioether (sulfide) groups is 3. The molecule has 17 heavy (non-hydrogen) atoms. The van der Waals surface area contributed by atoms with Gasteiger partial charge in [-0.05, 0) is 0 Å². The van der Waals surface area contributed by atoms with Crippen molar-refractivity contribution in [3.63, 3.8) is 0 Å². The quantitative estimate of drug-likeness (QED) is 0.309. The molecule has 0 aromatic rings. The zero-order valence-corrected chi connectivity index (χ0v) is 13.9. The fourth-order valence-corrected chi connectivity index (χ4v) is 5.73. The third-order valence-electron chi connectivity index (χ3n) is 1.23. The molecule has 1 aliphatic heterocycles. The lowest BCUT2D eigenvalue weighted by Gasteiger charge is -2.18. The maximum Gasteiger partial charge on any atom is 0.445 e. The summed E-state index contributed by atoms with van der Waals surface area (Å²) in [5.74, 6) is 0. The molecule has 1 fully saturated rings. The standard InChI is InChI=1S/C6H7Cl3N2O2S4/c1-11(17-6(7,8)9)5(12)13-10-4-15-2-14-3-16-4/h2-3H2,1H3. The third-order valence-corrected chi connectivity index (χ3v) is 6.10. The molecule has 0 unspecified atom stereocenters. The van der Waals surface area contributed by atoms with E-state index in [4.69, 9.17) is 39.6 Å². The van der Waals surface area contributed by atoms with Gasteiger partial charge in [-0.25, -0.2) is 9.10 Å². The SMILES string of the molecule is CN(SC(Cl)(Cl)Cl)C(=O)ON=C1SCSCS1. The van der Waals surface area contributed by atoms with E-state index in [1.165, 1.54) is 30.6 Å². The molecule has 0 saturated carbocycles. The number of halogens is 3. The highest BCUT2D eigenvalue weighted by molar-refractivity contribution is 8.48. The van der Waals surface area contributed by atoms with Crippen molar-refractivity contribution in [3.8, 4) is 0 Å². The minimum absolute atomic E-state index is 0.687. The number of carbonyl (C=O) groups is 1. The third kappa shape index (κ3) is 7.39. The number of nitrogens with zero attached hydrogens (tertiary/aromatic N) is 2. The van der Waals surface area contributed by atoms with Crippen LogP contribution in [-0.2, 0) is 4.84 Å². The monoisotopic (exact) mass is 372 g/mol. The Morgan fingerprint density at radius 3 is 2.59 bits per heavy atom. The summed E-state index contributed by atoms with van der Waals surface area (Å²) in [6, 6.07) is 0. The average Bonchev–Trinajstić information content (AvgIpc) is 2.25. The van der Waals surface area contributed by atoms with E-state index < -0.39 is 9.22 Å². The summed E-state index contributed by atoms with van der Waals surface area (Å²) >= 11 is 22.1. The zero-order chi connectivity index (χ0) is 12.9. The summed E-state index contributed by atoms with van der Waals surface area (Å²) in [5, 5.41) is 5.54. The number of alkyl halides is 3. The number of oxime groups is 1. The Kier molecular flexibility index (Phi) is 7.38. The van der Waals surface area contributed by atoms with Crippen molar-refractivity contribution in [3.05, 3.63) is 0 Å². The maximum atomic E-state index is 11.4. The van der Waals surface area contributed by atoms with E-state index in [0.717, 1.165) is 30.8 Å². The van der Waals surface area contributed by atoms with Gasteiger partial charge in [0.05, 0.1) is 0 Å². The second-order valence-electron chi connectivity index (χ2n) is 2.48. The first-order valence-corrected chi connectivity index (χ1v) is 9.04. The Bertz CT molecular complexity index is 304. The van der Waals surface area contributed by atoms with Gasteiger partial charge in [0.25, 0.3) is 3.12 Å². The normalized spacial score (nSPS) is 16.6. The molecule has 1 aliphatic rings. The van der Waals surface area contributed by atoms with E-state index >= 15 is 0 Å². The van der Waals surface area contributed by atoms with E-state index in [-0.39, 0.29) is 0 Å². The molecule has 0 aliphatic carbocycles. The Labute approximate surface area is 131 Å². The zero-order valence-electron chi connectivity index (χ0n) is 8.39. The fourth-order valence-electron chi connectivity index (χ4n) is 0.639. The highest BCUT2D eigenvalue weighted by Crippen LogP contribution is 2.40. The van der Waals surface area contributed by atoms with E-state index in [2.05, 4.69) is 5.16 Å². The van der Waals surface area contributed by atoms with Crippen LogP contribution in [0.5, 0.6) is 0 Å². The van der Waals surface area contributed by atoms with Crippen LogP contribution in [-0.4, -0.2) is 35.1 Å². The topological polar surface area (TPSA) is 41.9 Å². The lowest BCUT2D eigenvalue weighted by molar-refractivity contribution is 0.137. The number of carbonyl (C=O) groups excluding carboxylic acids is 1. The molecule has 11 heteroatoms. The van der Waals surface area contributed by atoms with Gasteiger partial charge in [0.15, 0.2) is 4.38 Å². The van der Waals surface area contributed by atoms with Crippen molar-refractivity contribution in [1.82, 2.24) is 4.31 Å². The molecule has 0 aromatic carbocycles. The van der Waals surface area contributed by atoms with Crippen LogP contribution in [0.3, 0.4) is 0 Å². The van der Waals surface area contributed by atoms with Gasteiger partial charge in [0.2, 0.25) is 0 Å². The van der Waals surface area contributed by atoms with Gasteiger partial charge >= 0.3 is 6.09 Å². The first-order valence-electron chi connectivity index (χ1n) is 4.00. The first-order chi connectivity index (χ1) is 7.88. The van der Waals surface area contributed by atoms with E-state index in [0.29, 0.717) is 0 Å². The largest absolute Gasteiger partial charge is 0.445 e. The first kappa shape index (κ1) is 16.3. The molecule has 0 bridgehead atoms. The highest BCUT2D eigenvalue weighted by Gasteiger charge is 2.27. The van der Waals surface area contributed by atoms with E-state index in [9.17, 15) is 4.79 Å². The lowest BCUT2D eigenvalue weighted by Crippen LogP contribution is -2.22. The molecule has 0 atom stereocenters. The molecule has 1 saturated heterocycles. The van der Waals surface area contributed by atoms with E-state index in [1.54, 1.807) is 11.8 Å². The molecule has 1 heterocycles. The number of hydrogen-bond acceptors (Lipinski definition) is 7. The second-order valence-corrected chi connectivity index (χ2v) is 10.7. The smallest absolute Gasteiger partial charge is 0.296 e. The van der Waals surface area contributed by atoms with Crippen molar-refractivity contribution in [2.45, 2.75) is 3.12 Å². The Morgan fingerprint density at radius 1 is 1.47 bits per heavy atom. The van der Waals surface area contributed by atoms with Crippen LogP contribution in [0.4, 0.5) is 4.79 Å². The molecule has 4 nitrogen and oxygen atoms in total. The van der Waals surface area contributed by atoms with Crippen molar-refractivity contribution < 1.29 is 9.63 Å². The van der Waals surface area contributed by atoms with Crippen molar-refractivity contribution in [2.24, 2.45) is 5.16 Å². The predicted molar refractivity (Wildman–Crippen MR) is 82.1 cm³/mol. The fraction of sp³-hybridized carbons (Fsp3) is 0.667. The number of rotatable bonds is 2. The van der Waals surface area contributed by atoms with Gasteiger partial charge in [-0.3, -0.25) is 4.84 Å². The Balaban J connectivity index is 2.38. The van der Waals surface area contributed by atoms with Crippen molar-refractivity contribution in [2.75, 3.05) is 17.2 Å². The van der Waals surface area contributed by atoms with Gasteiger partial charge in [0.1, 0.15) is 0 Å². The number of hydrogen-bond donors (Lipinski definition) is 0. The minimum atomic E-state index is -1.61. The van der Waals surface area contributed by atoms with E-state index in [1.807, 2.05) is 0 Å². The summed E-state index contributed by atoms with van der Waals surface area (Å²) in [7, 11) is 1.44. The Hall–Kier alpha value is 1.21. The predicted octanol–water partition coefficient (Wildman–Crippen LogP) is 4.43. The summed E-state index contributed by atoms with van der Waals surface area (Å²) in [4.78, 5) is 16.2. The highest BCUT2D eigenvalue weighted by atomic mass is 35.6. The van der Waals surface area contributed by atoms with Gasteiger partial charge in [-0.15, -0.1) is 11.8 Å². The average molecular weight is 374 g/mol. The van der Waals surface area contributed by atoms with Crippen LogP contribution >= 0.6 is 82.0 Å². The summed E-state index contributed by atoms with van der Waals surface area (Å²) in [5.41, 5.74) is 0. The van der Waals surface area contributed by atoms with Gasteiger partial charge < -0.3 is 0 Å². The Morgan fingerprint density at radius 2 is 2.06 bits per heavy atom. The molecule has 0 radical (unpaired) electrons. The van der Waals surface area contributed by atoms with Crippen LogP contribution in [0.15, 0.2) is 5.16 Å². The molecular formula is C6H7Cl3N2O2S4. The second kappa shape index (κ2) is 7.72. The summed E-state index contributed by atoms with van der Waals surface area (Å²) < 4.78 is 0.194. The van der Waals surface area contributed by atoms with Gasteiger partial charge in [0, 0.05) is 29.2 Å². The molecular weight excluding hydrogens is 367 g/mol. The van der Waals surface area contributed by atoms with Crippen molar-refractivity contribution in [1.29, 1.82) is 0 Å². The van der Waals surface area contributed by atoms with Gasteiger partial charge in [-0.2, -0.15) is 0 Å². The molecule has 0 aromatic heterocycles. The van der Waals surface area contributed by atoms with Crippen molar-refractivity contribution >= 4 is 92.5 Å². The van der Waals surface area contributed by atoms with Crippen LogP contribution in [0.25, 0.3) is 0 Å². The lowest BCUT2D eigenvalue weighted by atomic mass is 11.1. The number of amides is 1. The minimum Gasteiger partial charge on any atom is -0.296 e.